The van der Waals surface area contributed by atoms with Crippen LogP contribution in [-0.2, 0) is 20.1 Å². The van der Waals surface area contributed by atoms with Gasteiger partial charge in [0.25, 0.3) is 5.56 Å². The predicted molar refractivity (Wildman–Crippen MR) is 142 cm³/mol. The summed E-state index contributed by atoms with van der Waals surface area (Å²) in [5, 5.41) is 16.2. The van der Waals surface area contributed by atoms with Crippen LogP contribution in [0.2, 0.25) is 5.02 Å². The third-order valence-corrected chi connectivity index (χ3v) is 7.66. The van der Waals surface area contributed by atoms with Crippen LogP contribution in [0.4, 0.5) is 0 Å². The van der Waals surface area contributed by atoms with E-state index < -0.39 is 0 Å². The first-order valence-corrected chi connectivity index (χ1v) is 13.0. The third-order valence-electron chi connectivity index (χ3n) is 7.43. The van der Waals surface area contributed by atoms with Gasteiger partial charge < -0.3 is 4.57 Å². The number of hydrogen-bond donors (Lipinski definition) is 0. The molecule has 11 heteroatoms. The Hall–Kier alpha value is -4.23. The summed E-state index contributed by atoms with van der Waals surface area (Å²) in [6.07, 6.45) is 7.07. The van der Waals surface area contributed by atoms with Gasteiger partial charge in [0.05, 0.1) is 12.1 Å². The second kappa shape index (κ2) is 8.39. The molecule has 2 saturated carbocycles. The van der Waals surface area contributed by atoms with Crippen molar-refractivity contribution >= 4 is 33.5 Å². The number of fused-ring (bicyclic) bond motifs is 2. The molecule has 4 heterocycles. The van der Waals surface area contributed by atoms with Crippen LogP contribution in [0.3, 0.4) is 0 Å². The van der Waals surface area contributed by atoms with E-state index in [1.165, 1.54) is 4.57 Å². The first-order chi connectivity index (χ1) is 18.4. The van der Waals surface area contributed by atoms with E-state index in [0.29, 0.717) is 46.6 Å². The van der Waals surface area contributed by atoms with Crippen molar-refractivity contribution < 1.29 is 0 Å². The first-order valence-electron chi connectivity index (χ1n) is 12.7. The van der Waals surface area contributed by atoms with E-state index in [1.807, 2.05) is 18.2 Å². The molecule has 2 aliphatic rings. The molecular formula is C27H23ClN8O2. The van der Waals surface area contributed by atoms with Crippen LogP contribution >= 0.6 is 11.6 Å². The zero-order valence-electron chi connectivity index (χ0n) is 20.6. The number of aromatic nitrogens is 7. The number of halogens is 1. The van der Waals surface area contributed by atoms with Crippen molar-refractivity contribution in [2.24, 2.45) is 13.0 Å². The lowest BCUT2D eigenvalue weighted by Gasteiger charge is -2.11. The van der Waals surface area contributed by atoms with Gasteiger partial charge in [0.1, 0.15) is 17.1 Å². The normalized spacial score (nSPS) is 15.4. The molecule has 0 unspecified atom stereocenters. The Bertz CT molecular complexity index is 1930. The van der Waals surface area contributed by atoms with Crippen LogP contribution < -0.4 is 11.2 Å². The van der Waals surface area contributed by atoms with Crippen molar-refractivity contribution in [3.8, 4) is 17.6 Å². The second-order valence-corrected chi connectivity index (χ2v) is 10.7. The molecule has 1 aromatic carbocycles. The highest BCUT2D eigenvalue weighted by Gasteiger charge is 2.34. The SMILES string of the molecule is Cn1cc(C#N)nc1-c1c2c(=O)n(C3CC3)c(=O)n(CC3CC3)c2nn1Cc1ccnc2ccc(Cl)cc12. The van der Waals surface area contributed by atoms with Crippen LogP contribution in [0, 0.1) is 17.2 Å². The van der Waals surface area contributed by atoms with Gasteiger partial charge in [0.15, 0.2) is 17.2 Å². The lowest BCUT2D eigenvalue weighted by molar-refractivity contribution is 0.546. The molecule has 2 fully saturated rings. The molecular weight excluding hydrogens is 504 g/mol. The molecule has 5 aromatic rings. The Labute approximate surface area is 221 Å². The Morgan fingerprint density at radius 3 is 2.68 bits per heavy atom. The van der Waals surface area contributed by atoms with Crippen molar-refractivity contribution in [3.05, 3.63) is 73.8 Å². The molecule has 0 bridgehead atoms. The molecule has 0 saturated heterocycles. The van der Waals surface area contributed by atoms with Gasteiger partial charge >= 0.3 is 5.69 Å². The average Bonchev–Trinajstić information content (AvgIpc) is 3.83. The lowest BCUT2D eigenvalue weighted by Crippen LogP contribution is -2.40. The molecule has 2 aliphatic carbocycles. The maximum atomic E-state index is 14.0. The summed E-state index contributed by atoms with van der Waals surface area (Å²) < 4.78 is 6.52. The molecule has 0 atom stereocenters. The Morgan fingerprint density at radius 2 is 1.97 bits per heavy atom. The van der Waals surface area contributed by atoms with Crippen LogP contribution in [0.25, 0.3) is 33.5 Å². The zero-order valence-corrected chi connectivity index (χ0v) is 21.4. The smallest absolute Gasteiger partial charge is 0.331 e. The minimum Gasteiger partial charge on any atom is -0.331 e. The molecule has 0 N–H and O–H groups in total. The van der Waals surface area contributed by atoms with Crippen molar-refractivity contribution in [3.63, 3.8) is 0 Å². The number of nitriles is 1. The topological polar surface area (TPSA) is 116 Å². The van der Waals surface area contributed by atoms with Crippen LogP contribution in [0.1, 0.15) is 43.0 Å². The fraction of sp³-hybridized carbons (Fsp3) is 0.333. The van der Waals surface area contributed by atoms with Gasteiger partial charge in [-0.2, -0.15) is 10.4 Å². The largest absolute Gasteiger partial charge is 0.332 e. The predicted octanol–water partition coefficient (Wildman–Crippen LogP) is 3.63. The van der Waals surface area contributed by atoms with E-state index in [9.17, 15) is 14.9 Å². The van der Waals surface area contributed by atoms with E-state index >= 15 is 0 Å². The van der Waals surface area contributed by atoms with E-state index in [-0.39, 0.29) is 23.0 Å². The number of nitrogens with zero attached hydrogens (tertiary/aromatic N) is 8. The van der Waals surface area contributed by atoms with Crippen LogP contribution in [0.5, 0.6) is 0 Å². The van der Waals surface area contributed by atoms with Crippen molar-refractivity contribution in [2.75, 3.05) is 0 Å². The lowest BCUT2D eigenvalue weighted by atomic mass is 10.1. The highest BCUT2D eigenvalue weighted by Crippen LogP contribution is 2.35. The quantitative estimate of drug-likeness (QED) is 0.333. The summed E-state index contributed by atoms with van der Waals surface area (Å²) in [4.78, 5) is 36.5. The monoisotopic (exact) mass is 526 g/mol. The molecule has 0 amide bonds. The first kappa shape index (κ1) is 22.9. The second-order valence-electron chi connectivity index (χ2n) is 10.3. The number of hydrogen-bond acceptors (Lipinski definition) is 6. The molecule has 0 aliphatic heterocycles. The zero-order chi connectivity index (χ0) is 26.1. The van der Waals surface area contributed by atoms with Crippen LogP contribution in [0.15, 0.2) is 46.2 Å². The standard InChI is InChI=1S/C27H23ClN8O2/c1-33-14-18(11-29)31-25(33)23-22-24(34(12-15-2-3-15)27(38)36(26(22)37)19-5-6-19)32-35(23)13-16-8-9-30-21-7-4-17(28)10-20(16)21/h4,7-10,14-15,19H,2-3,5-6,12-13H2,1H3. The maximum Gasteiger partial charge on any atom is 0.332 e. The number of aryl methyl sites for hydroxylation is 1. The van der Waals surface area contributed by atoms with Gasteiger partial charge in [0, 0.05) is 42.4 Å². The summed E-state index contributed by atoms with van der Waals surface area (Å²) in [7, 11) is 1.79. The summed E-state index contributed by atoms with van der Waals surface area (Å²) in [6.45, 7) is 0.815. The molecule has 38 heavy (non-hydrogen) atoms. The average molecular weight is 527 g/mol. The molecule has 7 rings (SSSR count). The van der Waals surface area contributed by atoms with Gasteiger partial charge in [-0.05, 0) is 61.4 Å². The summed E-state index contributed by atoms with van der Waals surface area (Å²) in [6, 6.07) is 9.40. The summed E-state index contributed by atoms with van der Waals surface area (Å²) in [5.74, 6) is 0.843. The summed E-state index contributed by atoms with van der Waals surface area (Å²) in [5.41, 5.74) is 2.11. The van der Waals surface area contributed by atoms with Crippen molar-refractivity contribution in [1.29, 1.82) is 5.26 Å². The van der Waals surface area contributed by atoms with E-state index in [1.54, 1.807) is 39.3 Å². The van der Waals surface area contributed by atoms with Gasteiger partial charge in [-0.15, -0.1) is 0 Å². The molecule has 0 radical (unpaired) electrons. The van der Waals surface area contributed by atoms with E-state index in [2.05, 4.69) is 16.0 Å². The highest BCUT2D eigenvalue weighted by atomic mass is 35.5. The summed E-state index contributed by atoms with van der Waals surface area (Å²) >= 11 is 6.31. The number of rotatable bonds is 6. The number of pyridine rings is 1. The Balaban J connectivity index is 1.54. The third kappa shape index (κ3) is 3.65. The fourth-order valence-corrected chi connectivity index (χ4v) is 5.37. The molecule has 0 spiro atoms. The maximum absolute atomic E-state index is 14.0. The molecule has 190 valence electrons. The van der Waals surface area contributed by atoms with Gasteiger partial charge in [-0.25, -0.2) is 9.78 Å². The van der Waals surface area contributed by atoms with Gasteiger partial charge in [0.2, 0.25) is 0 Å². The van der Waals surface area contributed by atoms with Gasteiger partial charge in [-0.1, -0.05) is 11.6 Å². The van der Waals surface area contributed by atoms with Crippen molar-refractivity contribution in [2.45, 2.75) is 44.8 Å². The fourth-order valence-electron chi connectivity index (χ4n) is 5.20. The van der Waals surface area contributed by atoms with E-state index in [4.69, 9.17) is 16.7 Å². The number of imidazole rings is 1. The minimum atomic E-state index is -0.357. The molecule has 10 nitrogen and oxygen atoms in total. The van der Waals surface area contributed by atoms with Gasteiger partial charge in [-0.3, -0.25) is 23.6 Å². The Morgan fingerprint density at radius 1 is 1.16 bits per heavy atom. The Kier molecular flexibility index (Phi) is 5.07. The number of benzene rings is 1. The van der Waals surface area contributed by atoms with Crippen molar-refractivity contribution in [1.82, 2.24) is 33.4 Å². The van der Waals surface area contributed by atoms with Crippen LogP contribution in [-0.4, -0.2) is 33.4 Å². The highest BCUT2D eigenvalue weighted by molar-refractivity contribution is 6.31. The minimum absolute atomic E-state index is 0.0941. The van der Waals surface area contributed by atoms with E-state index in [0.717, 1.165) is 42.1 Å². The molecule has 4 aromatic heterocycles.